The van der Waals surface area contributed by atoms with E-state index in [9.17, 15) is 9.59 Å². The number of hydrogen-bond acceptors (Lipinski definition) is 4. The summed E-state index contributed by atoms with van der Waals surface area (Å²) in [6, 6.07) is 12.6. The van der Waals surface area contributed by atoms with Gasteiger partial charge in [0, 0.05) is 16.1 Å². The number of thioether (sulfide) groups is 1. The van der Waals surface area contributed by atoms with Crippen LogP contribution >= 0.6 is 11.8 Å². The molecule has 2 N–H and O–H groups in total. The van der Waals surface area contributed by atoms with Crippen molar-refractivity contribution in [2.75, 3.05) is 23.5 Å². The SMILES string of the molecule is CSc1ccc(NC(=O)c2ccc3c(c2)OCC(=O)N3)cc1. The van der Waals surface area contributed by atoms with Crippen LogP contribution in [0.2, 0.25) is 0 Å². The first kappa shape index (κ1) is 14.5. The molecule has 0 radical (unpaired) electrons. The minimum Gasteiger partial charge on any atom is -0.482 e. The van der Waals surface area contributed by atoms with Gasteiger partial charge in [0.25, 0.3) is 11.8 Å². The smallest absolute Gasteiger partial charge is 0.262 e. The summed E-state index contributed by atoms with van der Waals surface area (Å²) < 4.78 is 5.31. The van der Waals surface area contributed by atoms with Crippen molar-refractivity contribution in [3.63, 3.8) is 0 Å². The van der Waals surface area contributed by atoms with E-state index >= 15 is 0 Å². The highest BCUT2D eigenvalue weighted by Gasteiger charge is 2.17. The molecule has 1 heterocycles. The largest absolute Gasteiger partial charge is 0.482 e. The fourth-order valence-electron chi connectivity index (χ4n) is 2.09. The lowest BCUT2D eigenvalue weighted by atomic mass is 10.1. The number of carbonyl (C=O) groups excluding carboxylic acids is 2. The van der Waals surface area contributed by atoms with Gasteiger partial charge in [-0.15, -0.1) is 11.8 Å². The zero-order valence-corrected chi connectivity index (χ0v) is 12.7. The highest BCUT2D eigenvalue weighted by molar-refractivity contribution is 7.98. The molecule has 0 atom stereocenters. The Morgan fingerprint density at radius 3 is 2.73 bits per heavy atom. The Bertz CT molecular complexity index is 729. The lowest BCUT2D eigenvalue weighted by Gasteiger charge is -2.18. The number of nitrogens with one attached hydrogen (secondary N) is 2. The summed E-state index contributed by atoms with van der Waals surface area (Å²) in [5.41, 5.74) is 1.79. The molecule has 3 rings (SSSR count). The van der Waals surface area contributed by atoms with E-state index in [4.69, 9.17) is 4.74 Å². The molecule has 0 aromatic heterocycles. The van der Waals surface area contributed by atoms with Gasteiger partial charge in [0.1, 0.15) is 5.75 Å². The molecule has 22 heavy (non-hydrogen) atoms. The summed E-state index contributed by atoms with van der Waals surface area (Å²) in [5.74, 6) is 0.0868. The first-order valence-electron chi connectivity index (χ1n) is 6.68. The van der Waals surface area contributed by atoms with E-state index in [0.29, 0.717) is 17.0 Å². The van der Waals surface area contributed by atoms with E-state index in [1.807, 2.05) is 30.5 Å². The summed E-state index contributed by atoms with van der Waals surface area (Å²) in [6.07, 6.45) is 2.00. The number of ether oxygens (including phenoxy) is 1. The van der Waals surface area contributed by atoms with Gasteiger partial charge in [0.05, 0.1) is 5.69 Å². The average Bonchev–Trinajstić information content (AvgIpc) is 2.55. The van der Waals surface area contributed by atoms with E-state index in [1.165, 1.54) is 0 Å². The highest BCUT2D eigenvalue weighted by atomic mass is 32.2. The van der Waals surface area contributed by atoms with Gasteiger partial charge in [0.2, 0.25) is 0 Å². The first-order valence-corrected chi connectivity index (χ1v) is 7.90. The lowest BCUT2D eigenvalue weighted by molar-refractivity contribution is -0.118. The van der Waals surface area contributed by atoms with Gasteiger partial charge < -0.3 is 15.4 Å². The van der Waals surface area contributed by atoms with Crippen LogP contribution in [-0.2, 0) is 4.79 Å². The molecular formula is C16H14N2O3S. The van der Waals surface area contributed by atoms with Crippen LogP contribution in [-0.4, -0.2) is 24.7 Å². The molecule has 5 nitrogen and oxygen atoms in total. The molecular weight excluding hydrogens is 300 g/mol. The minimum atomic E-state index is -0.222. The van der Waals surface area contributed by atoms with Crippen molar-refractivity contribution in [1.29, 1.82) is 0 Å². The second-order valence-electron chi connectivity index (χ2n) is 4.73. The van der Waals surface area contributed by atoms with Gasteiger partial charge in [-0.2, -0.15) is 0 Å². The summed E-state index contributed by atoms with van der Waals surface area (Å²) in [6.45, 7) is -0.0335. The lowest BCUT2D eigenvalue weighted by Crippen LogP contribution is -2.25. The number of hydrogen-bond donors (Lipinski definition) is 2. The molecule has 0 spiro atoms. The first-order chi connectivity index (χ1) is 10.7. The minimum absolute atomic E-state index is 0.0335. The van der Waals surface area contributed by atoms with Crippen molar-refractivity contribution in [3.8, 4) is 5.75 Å². The van der Waals surface area contributed by atoms with Gasteiger partial charge in [-0.05, 0) is 48.7 Å². The number of carbonyl (C=O) groups is 2. The molecule has 112 valence electrons. The number of rotatable bonds is 3. The van der Waals surface area contributed by atoms with E-state index in [2.05, 4.69) is 10.6 Å². The molecule has 2 aromatic carbocycles. The normalized spacial score (nSPS) is 12.9. The van der Waals surface area contributed by atoms with Gasteiger partial charge in [0.15, 0.2) is 6.61 Å². The molecule has 0 fully saturated rings. The number of amides is 2. The molecule has 0 saturated carbocycles. The highest BCUT2D eigenvalue weighted by Crippen LogP contribution is 2.29. The number of anilines is 2. The van der Waals surface area contributed by atoms with Crippen LogP contribution in [0, 0.1) is 0 Å². The molecule has 0 saturated heterocycles. The molecule has 0 bridgehead atoms. The van der Waals surface area contributed by atoms with Crippen molar-refractivity contribution in [1.82, 2.24) is 0 Å². The maximum absolute atomic E-state index is 12.3. The quantitative estimate of drug-likeness (QED) is 0.855. The van der Waals surface area contributed by atoms with Gasteiger partial charge >= 0.3 is 0 Å². The molecule has 1 aliphatic rings. The maximum atomic E-state index is 12.3. The molecule has 2 aromatic rings. The van der Waals surface area contributed by atoms with Crippen LogP contribution in [0.3, 0.4) is 0 Å². The Balaban J connectivity index is 1.76. The van der Waals surface area contributed by atoms with E-state index in [-0.39, 0.29) is 18.4 Å². The topological polar surface area (TPSA) is 67.4 Å². The zero-order valence-electron chi connectivity index (χ0n) is 11.9. The number of fused-ring (bicyclic) bond motifs is 1. The molecule has 0 aliphatic carbocycles. The summed E-state index contributed by atoms with van der Waals surface area (Å²) in [5, 5.41) is 5.52. The summed E-state index contributed by atoms with van der Waals surface area (Å²) in [4.78, 5) is 24.6. The predicted octanol–water partition coefficient (Wildman–Crippen LogP) is 2.99. The average molecular weight is 314 g/mol. The van der Waals surface area contributed by atoms with Crippen LogP contribution in [0.1, 0.15) is 10.4 Å². The third kappa shape index (κ3) is 3.07. The van der Waals surface area contributed by atoms with Crippen molar-refractivity contribution in [3.05, 3.63) is 48.0 Å². The Morgan fingerprint density at radius 1 is 1.23 bits per heavy atom. The fourth-order valence-corrected chi connectivity index (χ4v) is 2.50. The van der Waals surface area contributed by atoms with E-state index in [1.54, 1.807) is 30.0 Å². The Kier molecular flexibility index (Phi) is 4.02. The molecule has 2 amide bonds. The maximum Gasteiger partial charge on any atom is 0.262 e. The molecule has 0 unspecified atom stereocenters. The number of benzene rings is 2. The van der Waals surface area contributed by atoms with Crippen LogP contribution in [0.15, 0.2) is 47.4 Å². The third-order valence-corrected chi connectivity index (χ3v) is 3.97. The van der Waals surface area contributed by atoms with Crippen molar-refractivity contribution in [2.45, 2.75) is 4.90 Å². The summed E-state index contributed by atoms with van der Waals surface area (Å²) >= 11 is 1.64. The van der Waals surface area contributed by atoms with Gasteiger partial charge in [-0.3, -0.25) is 9.59 Å². The monoisotopic (exact) mass is 314 g/mol. The van der Waals surface area contributed by atoms with Gasteiger partial charge in [-0.25, -0.2) is 0 Å². The fraction of sp³-hybridized carbons (Fsp3) is 0.125. The Labute approximate surface area is 132 Å². The van der Waals surface area contributed by atoms with E-state index < -0.39 is 0 Å². The van der Waals surface area contributed by atoms with Crippen LogP contribution in [0.25, 0.3) is 0 Å². The second kappa shape index (κ2) is 6.11. The standard InChI is InChI=1S/C16H14N2O3S/c1-22-12-5-3-11(4-6-12)17-16(20)10-2-7-13-14(8-10)21-9-15(19)18-13/h2-8H,9H2,1H3,(H,17,20)(H,18,19). The second-order valence-corrected chi connectivity index (χ2v) is 5.61. The Morgan fingerprint density at radius 2 is 2.00 bits per heavy atom. The third-order valence-electron chi connectivity index (χ3n) is 3.22. The van der Waals surface area contributed by atoms with Gasteiger partial charge in [-0.1, -0.05) is 0 Å². The van der Waals surface area contributed by atoms with Crippen molar-refractivity contribution >= 4 is 35.0 Å². The van der Waals surface area contributed by atoms with E-state index in [0.717, 1.165) is 10.6 Å². The zero-order chi connectivity index (χ0) is 15.5. The van der Waals surface area contributed by atoms with Crippen LogP contribution in [0.4, 0.5) is 11.4 Å². The summed E-state index contributed by atoms with van der Waals surface area (Å²) in [7, 11) is 0. The predicted molar refractivity (Wildman–Crippen MR) is 86.7 cm³/mol. The van der Waals surface area contributed by atoms with Crippen LogP contribution < -0.4 is 15.4 Å². The molecule has 6 heteroatoms. The van der Waals surface area contributed by atoms with Crippen LogP contribution in [0.5, 0.6) is 5.75 Å². The Hall–Kier alpha value is -2.47. The van der Waals surface area contributed by atoms with Crippen molar-refractivity contribution in [2.24, 2.45) is 0 Å². The van der Waals surface area contributed by atoms with Crippen molar-refractivity contribution < 1.29 is 14.3 Å². The molecule has 1 aliphatic heterocycles.